The molecule has 3 heteroatoms. The number of rotatable bonds is 1. The number of morpholine rings is 1. The van der Waals surface area contributed by atoms with E-state index in [0.717, 1.165) is 32.6 Å². The van der Waals surface area contributed by atoms with Crippen LogP contribution in [0.1, 0.15) is 13.8 Å². The van der Waals surface area contributed by atoms with Crippen molar-refractivity contribution >= 4 is 9.24 Å². The van der Waals surface area contributed by atoms with Gasteiger partial charge in [0.1, 0.15) is 0 Å². The first-order valence-corrected chi connectivity index (χ1v) is 4.75. The highest BCUT2D eigenvalue weighted by Gasteiger charge is 2.05. The van der Waals surface area contributed by atoms with Gasteiger partial charge in [0.25, 0.3) is 0 Å². The molecule has 1 heterocycles. The zero-order valence-corrected chi connectivity index (χ0v) is 8.12. The molecule has 1 aliphatic rings. The second-order valence-corrected chi connectivity index (χ2v) is 2.28. The summed E-state index contributed by atoms with van der Waals surface area (Å²) in [5.41, 5.74) is 0. The fraction of sp³-hybridized carbons (Fsp3) is 1.00. The van der Waals surface area contributed by atoms with E-state index in [1.165, 1.54) is 0 Å². The van der Waals surface area contributed by atoms with E-state index in [9.17, 15) is 0 Å². The molecular formula is C7H18NOP. The molecule has 0 aliphatic carbocycles. The van der Waals surface area contributed by atoms with Gasteiger partial charge < -0.3 is 4.74 Å². The molecule has 0 radical (unpaired) electrons. The monoisotopic (exact) mass is 163 g/mol. The summed E-state index contributed by atoms with van der Waals surface area (Å²) in [5, 5.41) is 0. The van der Waals surface area contributed by atoms with Gasteiger partial charge in [-0.2, -0.15) is 0 Å². The number of hydrogen-bond acceptors (Lipinski definition) is 2. The van der Waals surface area contributed by atoms with Gasteiger partial charge >= 0.3 is 0 Å². The molecule has 0 N–H and O–H groups in total. The van der Waals surface area contributed by atoms with E-state index in [-0.39, 0.29) is 0 Å². The molecule has 0 aromatic rings. The van der Waals surface area contributed by atoms with Gasteiger partial charge in [-0.1, -0.05) is 13.8 Å². The quantitative estimate of drug-likeness (QED) is 0.538. The summed E-state index contributed by atoms with van der Waals surface area (Å²) in [4.78, 5) is 2.36. The molecule has 1 saturated heterocycles. The Morgan fingerprint density at radius 3 is 2.10 bits per heavy atom. The summed E-state index contributed by atoms with van der Waals surface area (Å²) in [6.07, 6.45) is 1.09. The second kappa shape index (κ2) is 7.46. The topological polar surface area (TPSA) is 12.5 Å². The Balaban J connectivity index is 0.000000371. The van der Waals surface area contributed by atoms with Crippen LogP contribution in [-0.2, 0) is 4.74 Å². The zero-order chi connectivity index (χ0) is 7.82. The summed E-state index contributed by atoms with van der Waals surface area (Å²) in [5.74, 6) is 0. The Morgan fingerprint density at radius 2 is 1.80 bits per heavy atom. The molecule has 0 saturated carbocycles. The van der Waals surface area contributed by atoms with Crippen LogP contribution < -0.4 is 0 Å². The van der Waals surface area contributed by atoms with Crippen LogP contribution in [-0.4, -0.2) is 37.5 Å². The van der Waals surface area contributed by atoms with Crippen molar-refractivity contribution in [2.45, 2.75) is 13.8 Å². The Bertz CT molecular complexity index is 64.6. The maximum atomic E-state index is 5.15. The van der Waals surface area contributed by atoms with Gasteiger partial charge in [0.2, 0.25) is 0 Å². The lowest BCUT2D eigenvalue weighted by atomic mass is 10.5. The third-order valence-corrected chi connectivity index (χ3v) is 1.88. The normalized spacial score (nSPS) is 19.5. The molecule has 0 amide bonds. The Morgan fingerprint density at radius 1 is 1.30 bits per heavy atom. The van der Waals surface area contributed by atoms with E-state index in [2.05, 4.69) is 14.1 Å². The van der Waals surface area contributed by atoms with Gasteiger partial charge in [0, 0.05) is 19.4 Å². The minimum atomic E-state index is 0.911. The second-order valence-electron chi connectivity index (χ2n) is 1.91. The van der Waals surface area contributed by atoms with Crippen LogP contribution in [0.5, 0.6) is 0 Å². The van der Waals surface area contributed by atoms with Gasteiger partial charge in [0.15, 0.2) is 0 Å². The molecule has 1 fully saturated rings. The van der Waals surface area contributed by atoms with Crippen molar-refractivity contribution in [3.05, 3.63) is 0 Å². The number of ether oxygens (including phenoxy) is 1. The molecule has 1 aliphatic heterocycles. The summed E-state index contributed by atoms with van der Waals surface area (Å²) >= 11 is 0. The molecule has 0 spiro atoms. The van der Waals surface area contributed by atoms with E-state index in [1.807, 2.05) is 13.8 Å². The van der Waals surface area contributed by atoms with Gasteiger partial charge in [0.05, 0.1) is 13.2 Å². The summed E-state index contributed by atoms with van der Waals surface area (Å²) in [6.45, 7) is 8.02. The molecule has 62 valence electrons. The molecule has 0 aromatic heterocycles. The minimum Gasteiger partial charge on any atom is -0.379 e. The van der Waals surface area contributed by atoms with Gasteiger partial charge in [-0.25, -0.2) is 0 Å². The molecule has 10 heavy (non-hydrogen) atoms. The fourth-order valence-electron chi connectivity index (χ4n) is 0.784. The van der Waals surface area contributed by atoms with Crippen molar-refractivity contribution in [3.8, 4) is 0 Å². The van der Waals surface area contributed by atoms with E-state index in [0.29, 0.717) is 0 Å². The predicted molar refractivity (Wildman–Crippen MR) is 48.3 cm³/mol. The molecule has 0 bridgehead atoms. The predicted octanol–water partition coefficient (Wildman–Crippen LogP) is 1.18. The Kier molecular flexibility index (Phi) is 7.72. The average molecular weight is 163 g/mol. The molecule has 1 unspecified atom stereocenters. The van der Waals surface area contributed by atoms with Crippen LogP contribution in [0.15, 0.2) is 0 Å². The van der Waals surface area contributed by atoms with Crippen molar-refractivity contribution in [2.24, 2.45) is 0 Å². The summed E-state index contributed by atoms with van der Waals surface area (Å²) in [7, 11) is 2.72. The Labute approximate surface area is 66.1 Å². The first-order valence-electron chi connectivity index (χ1n) is 3.93. The standard InChI is InChI=1S/C5H12NOP.C2H6/c8-5-6-1-3-7-4-2-6;1-2/h1-5,8H2;1-2H3. The smallest absolute Gasteiger partial charge is 0.0594 e. The fourth-order valence-corrected chi connectivity index (χ4v) is 1.15. The van der Waals surface area contributed by atoms with Crippen molar-refractivity contribution < 1.29 is 4.74 Å². The number of hydrogen-bond donors (Lipinski definition) is 0. The maximum Gasteiger partial charge on any atom is 0.0594 e. The van der Waals surface area contributed by atoms with E-state index in [1.54, 1.807) is 0 Å². The third-order valence-electron chi connectivity index (χ3n) is 1.36. The third kappa shape index (κ3) is 4.21. The highest BCUT2D eigenvalue weighted by Crippen LogP contribution is 1.97. The van der Waals surface area contributed by atoms with Crippen molar-refractivity contribution in [1.29, 1.82) is 0 Å². The lowest BCUT2D eigenvalue weighted by Gasteiger charge is -2.24. The van der Waals surface area contributed by atoms with Crippen LogP contribution in [0.25, 0.3) is 0 Å². The molecule has 0 aromatic carbocycles. The van der Waals surface area contributed by atoms with Crippen LogP contribution in [0.4, 0.5) is 0 Å². The molecule has 2 nitrogen and oxygen atoms in total. The van der Waals surface area contributed by atoms with Crippen molar-refractivity contribution in [2.75, 3.05) is 32.6 Å². The minimum absolute atomic E-state index is 0.911. The van der Waals surface area contributed by atoms with Crippen LogP contribution in [0, 0.1) is 0 Å². The highest BCUT2D eigenvalue weighted by molar-refractivity contribution is 7.16. The molecule has 1 atom stereocenters. The van der Waals surface area contributed by atoms with Gasteiger partial charge in [-0.15, -0.1) is 9.24 Å². The summed E-state index contributed by atoms with van der Waals surface area (Å²) < 4.78 is 5.15. The SMILES string of the molecule is CC.PCN1CCOCC1. The molecule has 1 rings (SSSR count). The first kappa shape index (κ1) is 10.3. The highest BCUT2D eigenvalue weighted by atomic mass is 31.0. The maximum absolute atomic E-state index is 5.15. The lowest BCUT2D eigenvalue weighted by molar-refractivity contribution is 0.0473. The lowest BCUT2D eigenvalue weighted by Crippen LogP contribution is -2.34. The van der Waals surface area contributed by atoms with E-state index >= 15 is 0 Å². The van der Waals surface area contributed by atoms with E-state index in [4.69, 9.17) is 4.74 Å². The van der Waals surface area contributed by atoms with Crippen molar-refractivity contribution in [1.82, 2.24) is 4.90 Å². The van der Waals surface area contributed by atoms with E-state index < -0.39 is 0 Å². The van der Waals surface area contributed by atoms with Crippen LogP contribution >= 0.6 is 9.24 Å². The summed E-state index contributed by atoms with van der Waals surface area (Å²) in [6, 6.07) is 0. The number of nitrogens with zero attached hydrogens (tertiary/aromatic N) is 1. The van der Waals surface area contributed by atoms with Crippen LogP contribution in [0.3, 0.4) is 0 Å². The van der Waals surface area contributed by atoms with Gasteiger partial charge in [-0.05, 0) is 0 Å². The molecular weight excluding hydrogens is 145 g/mol. The largest absolute Gasteiger partial charge is 0.379 e. The van der Waals surface area contributed by atoms with Crippen molar-refractivity contribution in [3.63, 3.8) is 0 Å². The average Bonchev–Trinajstić information content (AvgIpc) is 2.10. The van der Waals surface area contributed by atoms with Gasteiger partial charge in [-0.3, -0.25) is 4.90 Å². The zero-order valence-electron chi connectivity index (χ0n) is 6.97. The first-order chi connectivity index (χ1) is 4.93. The Hall–Kier alpha value is 0.350. The van der Waals surface area contributed by atoms with Crippen LogP contribution in [0.2, 0.25) is 0 Å².